The zero-order valence-electron chi connectivity index (χ0n) is 14.2. The van der Waals surface area contributed by atoms with E-state index in [4.69, 9.17) is 18.9 Å². The number of benzene rings is 1. The van der Waals surface area contributed by atoms with Crippen LogP contribution < -0.4 is 4.74 Å². The van der Waals surface area contributed by atoms with Gasteiger partial charge in [0.1, 0.15) is 12.4 Å². The number of hydrogen-bond donors (Lipinski definition) is 0. The van der Waals surface area contributed by atoms with Crippen LogP contribution in [0.2, 0.25) is 0 Å². The summed E-state index contributed by atoms with van der Waals surface area (Å²) in [5.41, 5.74) is 0.990. The average molecular weight is 308 g/mol. The summed E-state index contributed by atoms with van der Waals surface area (Å²) in [7, 11) is 1.65. The summed E-state index contributed by atoms with van der Waals surface area (Å²) >= 11 is 0. The van der Waals surface area contributed by atoms with Crippen molar-refractivity contribution in [2.45, 2.75) is 20.8 Å². The van der Waals surface area contributed by atoms with Gasteiger partial charge < -0.3 is 18.9 Å². The number of hydrogen-bond acceptors (Lipinski definition) is 4. The molecule has 0 amide bonds. The fourth-order valence-electron chi connectivity index (χ4n) is 1.46. The lowest BCUT2D eigenvalue weighted by Crippen LogP contribution is -2.12. The largest absolute Gasteiger partial charge is 0.491 e. The predicted molar refractivity (Wildman–Crippen MR) is 89.4 cm³/mol. The molecule has 0 aliphatic rings. The van der Waals surface area contributed by atoms with Gasteiger partial charge in [-0.15, -0.1) is 5.92 Å². The maximum Gasteiger partial charge on any atom is 0.119 e. The SMILES string of the molecule is CC.CC#Cc1ccc(OCCOCCOCCOC)cc1. The van der Waals surface area contributed by atoms with Crippen LogP contribution in [0.4, 0.5) is 0 Å². The summed E-state index contributed by atoms with van der Waals surface area (Å²) in [4.78, 5) is 0. The Morgan fingerprint density at radius 3 is 1.91 bits per heavy atom. The predicted octanol–water partition coefficient (Wildman–Crippen LogP) is 3.14. The van der Waals surface area contributed by atoms with Crippen LogP contribution in [0.25, 0.3) is 0 Å². The first-order valence-corrected chi connectivity index (χ1v) is 7.67. The van der Waals surface area contributed by atoms with Gasteiger partial charge in [0.2, 0.25) is 0 Å². The molecule has 0 heterocycles. The van der Waals surface area contributed by atoms with Crippen molar-refractivity contribution in [3.63, 3.8) is 0 Å². The molecular formula is C18H28O4. The molecule has 0 fully saturated rings. The maximum absolute atomic E-state index is 5.55. The Labute approximate surface area is 134 Å². The molecule has 1 aromatic carbocycles. The van der Waals surface area contributed by atoms with Crippen molar-refractivity contribution < 1.29 is 18.9 Å². The monoisotopic (exact) mass is 308 g/mol. The third kappa shape index (κ3) is 11.2. The Hall–Kier alpha value is -1.54. The summed E-state index contributed by atoms with van der Waals surface area (Å²) in [6.07, 6.45) is 0. The minimum absolute atomic E-state index is 0.525. The lowest BCUT2D eigenvalue weighted by atomic mass is 10.2. The van der Waals surface area contributed by atoms with Gasteiger partial charge in [-0.2, -0.15) is 0 Å². The molecule has 0 spiro atoms. The molecule has 0 saturated heterocycles. The Morgan fingerprint density at radius 1 is 0.818 bits per heavy atom. The van der Waals surface area contributed by atoms with E-state index in [9.17, 15) is 0 Å². The standard InChI is InChI=1S/C16H22O4.C2H6/c1-3-4-15-5-7-16(8-6-15)20-14-13-19-12-11-18-10-9-17-2;1-2/h5-8H,9-14H2,1-2H3;1-2H3. The molecule has 0 aliphatic heterocycles. The van der Waals surface area contributed by atoms with Crippen LogP contribution in [0.3, 0.4) is 0 Å². The Balaban J connectivity index is 0.00000211. The zero-order valence-corrected chi connectivity index (χ0v) is 14.2. The van der Waals surface area contributed by atoms with Crippen molar-refractivity contribution in [3.05, 3.63) is 29.8 Å². The third-order valence-corrected chi connectivity index (χ3v) is 2.42. The molecule has 1 aromatic rings. The van der Waals surface area contributed by atoms with Crippen LogP contribution in [0.1, 0.15) is 26.3 Å². The minimum Gasteiger partial charge on any atom is -0.491 e. The van der Waals surface area contributed by atoms with Crippen LogP contribution in [0.15, 0.2) is 24.3 Å². The Morgan fingerprint density at radius 2 is 1.36 bits per heavy atom. The first kappa shape index (κ1) is 20.5. The van der Waals surface area contributed by atoms with Crippen LogP contribution in [-0.2, 0) is 14.2 Å². The van der Waals surface area contributed by atoms with E-state index in [0.29, 0.717) is 39.6 Å². The molecular weight excluding hydrogens is 280 g/mol. The van der Waals surface area contributed by atoms with Gasteiger partial charge in [0.15, 0.2) is 0 Å². The number of rotatable bonds is 10. The topological polar surface area (TPSA) is 36.9 Å². The van der Waals surface area contributed by atoms with Gasteiger partial charge in [0.25, 0.3) is 0 Å². The van der Waals surface area contributed by atoms with E-state index in [1.165, 1.54) is 0 Å². The van der Waals surface area contributed by atoms with Gasteiger partial charge in [-0.3, -0.25) is 0 Å². The molecule has 0 saturated carbocycles. The summed E-state index contributed by atoms with van der Waals surface area (Å²) < 4.78 is 21.1. The molecule has 0 unspecified atom stereocenters. The molecule has 4 nitrogen and oxygen atoms in total. The summed E-state index contributed by atoms with van der Waals surface area (Å²) in [6, 6.07) is 7.70. The van der Waals surface area contributed by atoms with E-state index in [0.717, 1.165) is 11.3 Å². The normalized spacial score (nSPS) is 9.27. The quantitative estimate of drug-likeness (QED) is 0.491. The number of methoxy groups -OCH3 is 1. The van der Waals surface area contributed by atoms with Gasteiger partial charge >= 0.3 is 0 Å². The van der Waals surface area contributed by atoms with Gasteiger partial charge in [0, 0.05) is 12.7 Å². The molecule has 0 radical (unpaired) electrons. The Kier molecular flexibility index (Phi) is 14.7. The minimum atomic E-state index is 0.525. The molecule has 1 rings (SSSR count). The van der Waals surface area contributed by atoms with E-state index in [-0.39, 0.29) is 0 Å². The van der Waals surface area contributed by atoms with Gasteiger partial charge in [-0.25, -0.2) is 0 Å². The molecule has 0 bridgehead atoms. The molecule has 0 atom stereocenters. The Bertz CT molecular complexity index is 403. The van der Waals surface area contributed by atoms with E-state index in [2.05, 4.69) is 11.8 Å². The fraction of sp³-hybridized carbons (Fsp3) is 0.556. The highest BCUT2D eigenvalue weighted by atomic mass is 16.6. The third-order valence-electron chi connectivity index (χ3n) is 2.42. The summed E-state index contributed by atoms with van der Waals surface area (Å²) in [5.74, 6) is 6.67. The van der Waals surface area contributed by atoms with E-state index >= 15 is 0 Å². The van der Waals surface area contributed by atoms with Crippen molar-refractivity contribution in [2.75, 3.05) is 46.8 Å². The second kappa shape index (κ2) is 15.8. The molecule has 4 heteroatoms. The fourth-order valence-corrected chi connectivity index (χ4v) is 1.46. The van der Waals surface area contributed by atoms with Gasteiger partial charge in [-0.1, -0.05) is 19.8 Å². The lowest BCUT2D eigenvalue weighted by Gasteiger charge is -2.07. The van der Waals surface area contributed by atoms with E-state index in [1.54, 1.807) is 7.11 Å². The van der Waals surface area contributed by atoms with Gasteiger partial charge in [-0.05, 0) is 31.2 Å². The van der Waals surface area contributed by atoms with Crippen molar-refractivity contribution in [1.29, 1.82) is 0 Å². The number of ether oxygens (including phenoxy) is 4. The van der Waals surface area contributed by atoms with Crippen molar-refractivity contribution in [1.82, 2.24) is 0 Å². The van der Waals surface area contributed by atoms with Crippen molar-refractivity contribution in [2.24, 2.45) is 0 Å². The average Bonchev–Trinajstić information content (AvgIpc) is 2.57. The summed E-state index contributed by atoms with van der Waals surface area (Å²) in [6.45, 7) is 9.25. The highest BCUT2D eigenvalue weighted by Crippen LogP contribution is 2.11. The first-order valence-electron chi connectivity index (χ1n) is 7.67. The van der Waals surface area contributed by atoms with Crippen LogP contribution in [0.5, 0.6) is 5.75 Å². The zero-order chi connectivity index (χ0) is 16.5. The molecule has 124 valence electrons. The second-order valence-corrected chi connectivity index (χ2v) is 3.97. The summed E-state index contributed by atoms with van der Waals surface area (Å²) in [5, 5.41) is 0. The highest BCUT2D eigenvalue weighted by molar-refractivity contribution is 5.37. The van der Waals surface area contributed by atoms with Crippen LogP contribution >= 0.6 is 0 Å². The van der Waals surface area contributed by atoms with Crippen LogP contribution in [0, 0.1) is 11.8 Å². The molecule has 0 aromatic heterocycles. The van der Waals surface area contributed by atoms with Gasteiger partial charge in [0.05, 0.1) is 33.0 Å². The van der Waals surface area contributed by atoms with E-state index in [1.807, 2.05) is 45.0 Å². The van der Waals surface area contributed by atoms with Crippen molar-refractivity contribution >= 4 is 0 Å². The molecule has 0 N–H and O–H groups in total. The van der Waals surface area contributed by atoms with E-state index < -0.39 is 0 Å². The molecule has 0 aliphatic carbocycles. The lowest BCUT2D eigenvalue weighted by molar-refractivity contribution is 0.0180. The molecule has 22 heavy (non-hydrogen) atoms. The maximum atomic E-state index is 5.55. The first-order chi connectivity index (χ1) is 10.9. The van der Waals surface area contributed by atoms with Crippen LogP contribution in [-0.4, -0.2) is 46.8 Å². The highest BCUT2D eigenvalue weighted by Gasteiger charge is 1.95. The second-order valence-electron chi connectivity index (χ2n) is 3.97. The van der Waals surface area contributed by atoms with Crippen molar-refractivity contribution in [3.8, 4) is 17.6 Å². The smallest absolute Gasteiger partial charge is 0.119 e.